The Kier molecular flexibility index (Phi) is 7.12. The van der Waals surface area contributed by atoms with Crippen LogP contribution in [0.25, 0.3) is 0 Å². The summed E-state index contributed by atoms with van der Waals surface area (Å²) in [6.07, 6.45) is 0. The van der Waals surface area contributed by atoms with Gasteiger partial charge in [-0.15, -0.1) is 0 Å². The molecule has 1 atom stereocenters. The predicted molar refractivity (Wildman–Crippen MR) is 101 cm³/mol. The van der Waals surface area contributed by atoms with Crippen molar-refractivity contribution in [2.24, 2.45) is 0 Å². The van der Waals surface area contributed by atoms with E-state index >= 15 is 0 Å². The molecular formula is C15H24N4O7S2. The van der Waals surface area contributed by atoms with Gasteiger partial charge in [-0.25, -0.2) is 25.9 Å². The SMILES string of the molecule is C[C@@H](CN1CCOCC1)NS(=O)(=O)c1ccc(S(=O)(=O)N(C)C)cc1[N+](=O)[O-]. The van der Waals surface area contributed by atoms with Crippen LogP contribution >= 0.6 is 0 Å². The number of rotatable bonds is 8. The van der Waals surface area contributed by atoms with Crippen molar-refractivity contribution < 1.29 is 26.5 Å². The Morgan fingerprint density at radius 3 is 2.39 bits per heavy atom. The summed E-state index contributed by atoms with van der Waals surface area (Å²) in [5.41, 5.74) is -0.797. The van der Waals surface area contributed by atoms with Gasteiger partial charge in [-0.05, 0) is 19.1 Å². The van der Waals surface area contributed by atoms with Gasteiger partial charge in [0.1, 0.15) is 0 Å². The van der Waals surface area contributed by atoms with Crippen LogP contribution in [0.2, 0.25) is 0 Å². The molecule has 1 aromatic rings. The fourth-order valence-corrected chi connectivity index (χ4v) is 5.08. The summed E-state index contributed by atoms with van der Waals surface area (Å²) < 4.78 is 58.3. The van der Waals surface area contributed by atoms with Gasteiger partial charge >= 0.3 is 0 Å². The maximum Gasteiger partial charge on any atom is 0.290 e. The molecule has 1 heterocycles. The molecule has 2 rings (SSSR count). The number of nitro groups is 1. The number of nitro benzene ring substituents is 1. The third kappa shape index (κ3) is 5.24. The first-order chi connectivity index (χ1) is 12.9. The zero-order valence-electron chi connectivity index (χ0n) is 15.9. The Morgan fingerprint density at radius 2 is 1.86 bits per heavy atom. The molecule has 28 heavy (non-hydrogen) atoms. The number of hydrogen-bond donors (Lipinski definition) is 1. The van der Waals surface area contributed by atoms with Gasteiger partial charge in [-0.2, -0.15) is 0 Å². The monoisotopic (exact) mass is 436 g/mol. The molecule has 0 amide bonds. The number of nitrogens with one attached hydrogen (secondary N) is 1. The Bertz CT molecular complexity index is 926. The molecule has 1 fully saturated rings. The van der Waals surface area contributed by atoms with Gasteiger partial charge < -0.3 is 4.74 Å². The molecule has 13 heteroatoms. The van der Waals surface area contributed by atoms with Crippen LogP contribution in [0.3, 0.4) is 0 Å². The summed E-state index contributed by atoms with van der Waals surface area (Å²) in [6, 6.07) is 2.24. The largest absolute Gasteiger partial charge is 0.379 e. The predicted octanol–water partition coefficient (Wildman–Crippen LogP) is -0.156. The maximum atomic E-state index is 12.7. The zero-order chi connectivity index (χ0) is 21.1. The molecule has 0 radical (unpaired) electrons. The standard InChI is InChI=1S/C15H24N4O7S2/c1-12(11-18-6-8-26-9-7-18)16-27(22,23)15-5-4-13(10-14(15)19(20)21)28(24,25)17(2)3/h4-5,10,12,16H,6-9,11H2,1-3H3/t12-/m0/s1. The lowest BCUT2D eigenvalue weighted by atomic mass is 10.3. The quantitative estimate of drug-likeness (QED) is 0.438. The minimum absolute atomic E-state index is 0.357. The summed E-state index contributed by atoms with van der Waals surface area (Å²) in [6.45, 7) is 4.54. The van der Waals surface area contributed by atoms with Crippen molar-refractivity contribution >= 4 is 25.7 Å². The van der Waals surface area contributed by atoms with Crippen LogP contribution < -0.4 is 4.72 Å². The first-order valence-electron chi connectivity index (χ1n) is 8.48. The van der Waals surface area contributed by atoms with Crippen LogP contribution in [-0.4, -0.2) is 83.9 Å². The number of ether oxygens (including phenoxy) is 1. The fraction of sp³-hybridized carbons (Fsp3) is 0.600. The lowest BCUT2D eigenvalue weighted by molar-refractivity contribution is -0.388. The van der Waals surface area contributed by atoms with Crippen molar-refractivity contribution in [1.82, 2.24) is 13.9 Å². The number of benzene rings is 1. The molecule has 0 unspecified atom stereocenters. The highest BCUT2D eigenvalue weighted by Gasteiger charge is 2.30. The van der Waals surface area contributed by atoms with Crippen LogP contribution in [-0.2, 0) is 24.8 Å². The Balaban J connectivity index is 2.30. The molecule has 0 aromatic heterocycles. The lowest BCUT2D eigenvalue weighted by Crippen LogP contribution is -2.46. The average Bonchev–Trinajstić information content (AvgIpc) is 2.61. The van der Waals surface area contributed by atoms with E-state index in [0.717, 1.165) is 22.5 Å². The maximum absolute atomic E-state index is 12.7. The highest BCUT2D eigenvalue weighted by Crippen LogP contribution is 2.28. The minimum Gasteiger partial charge on any atom is -0.379 e. The summed E-state index contributed by atoms with van der Waals surface area (Å²) in [4.78, 5) is 11.6. The minimum atomic E-state index is -4.23. The van der Waals surface area contributed by atoms with E-state index in [1.54, 1.807) is 6.92 Å². The molecule has 0 aliphatic carbocycles. The normalized spacial score (nSPS) is 17.6. The second-order valence-electron chi connectivity index (χ2n) is 6.61. The van der Waals surface area contributed by atoms with Gasteiger partial charge in [0.05, 0.1) is 23.0 Å². The zero-order valence-corrected chi connectivity index (χ0v) is 17.5. The van der Waals surface area contributed by atoms with Gasteiger partial charge in [-0.3, -0.25) is 15.0 Å². The van der Waals surface area contributed by atoms with Crippen LogP contribution in [0, 0.1) is 10.1 Å². The molecule has 1 aliphatic rings. The van der Waals surface area contributed by atoms with E-state index in [1.165, 1.54) is 14.1 Å². The van der Waals surface area contributed by atoms with Gasteiger partial charge in [0.25, 0.3) is 5.69 Å². The van der Waals surface area contributed by atoms with Crippen molar-refractivity contribution in [3.8, 4) is 0 Å². The highest BCUT2D eigenvalue weighted by atomic mass is 32.2. The molecule has 1 N–H and O–H groups in total. The molecular weight excluding hydrogens is 412 g/mol. The van der Waals surface area contributed by atoms with E-state index in [-0.39, 0.29) is 4.90 Å². The van der Waals surface area contributed by atoms with Crippen LogP contribution in [0.5, 0.6) is 0 Å². The number of nitrogens with zero attached hydrogens (tertiary/aromatic N) is 3. The Labute approximate surface area is 164 Å². The van der Waals surface area contributed by atoms with Crippen LogP contribution in [0.4, 0.5) is 5.69 Å². The van der Waals surface area contributed by atoms with E-state index in [0.29, 0.717) is 32.8 Å². The third-order valence-corrected chi connectivity index (χ3v) is 7.64. The molecule has 11 nitrogen and oxygen atoms in total. The number of morpholine rings is 1. The van der Waals surface area contributed by atoms with E-state index in [4.69, 9.17) is 4.74 Å². The van der Waals surface area contributed by atoms with E-state index < -0.39 is 41.6 Å². The van der Waals surface area contributed by atoms with Crippen LogP contribution in [0.15, 0.2) is 28.0 Å². The van der Waals surface area contributed by atoms with E-state index in [1.807, 2.05) is 4.90 Å². The number of sulfonamides is 2. The summed E-state index contributed by atoms with van der Waals surface area (Å²) >= 11 is 0. The van der Waals surface area contributed by atoms with Crippen molar-refractivity contribution in [2.45, 2.75) is 22.8 Å². The van der Waals surface area contributed by atoms with E-state index in [2.05, 4.69) is 4.72 Å². The second-order valence-corrected chi connectivity index (χ2v) is 10.4. The smallest absolute Gasteiger partial charge is 0.290 e. The molecule has 0 spiro atoms. The molecule has 1 aliphatic heterocycles. The Morgan fingerprint density at radius 1 is 1.25 bits per heavy atom. The van der Waals surface area contributed by atoms with Crippen molar-refractivity contribution in [2.75, 3.05) is 46.9 Å². The topological polar surface area (TPSA) is 139 Å². The van der Waals surface area contributed by atoms with Gasteiger partial charge in [0.15, 0.2) is 4.90 Å². The number of hydrogen-bond acceptors (Lipinski definition) is 8. The van der Waals surface area contributed by atoms with Crippen molar-refractivity contribution in [3.05, 3.63) is 28.3 Å². The van der Waals surface area contributed by atoms with E-state index in [9.17, 15) is 26.9 Å². The summed E-state index contributed by atoms with van der Waals surface area (Å²) in [5, 5.41) is 11.4. The average molecular weight is 437 g/mol. The van der Waals surface area contributed by atoms with Gasteiger partial charge in [0.2, 0.25) is 20.0 Å². The highest BCUT2D eigenvalue weighted by molar-refractivity contribution is 7.90. The first kappa shape index (κ1) is 22.6. The van der Waals surface area contributed by atoms with Gasteiger partial charge in [-0.1, -0.05) is 0 Å². The first-order valence-corrected chi connectivity index (χ1v) is 11.4. The van der Waals surface area contributed by atoms with Crippen LogP contribution in [0.1, 0.15) is 6.92 Å². The molecule has 158 valence electrons. The lowest BCUT2D eigenvalue weighted by Gasteiger charge is -2.29. The molecule has 1 saturated heterocycles. The fourth-order valence-electron chi connectivity index (χ4n) is 2.78. The third-order valence-electron chi connectivity index (χ3n) is 4.19. The molecule has 0 saturated carbocycles. The second kappa shape index (κ2) is 8.80. The van der Waals surface area contributed by atoms with Gasteiger partial charge in [0, 0.05) is 45.8 Å². The van der Waals surface area contributed by atoms with Crippen molar-refractivity contribution in [3.63, 3.8) is 0 Å². The molecule has 1 aromatic carbocycles. The summed E-state index contributed by atoms with van der Waals surface area (Å²) in [5.74, 6) is 0. The van der Waals surface area contributed by atoms with Crippen molar-refractivity contribution in [1.29, 1.82) is 0 Å². The Hall–Kier alpha value is -1.64. The summed E-state index contributed by atoms with van der Waals surface area (Å²) in [7, 11) is -5.61. The molecule has 0 bridgehead atoms.